The smallest absolute Gasteiger partial charge is 0.0675 e. The summed E-state index contributed by atoms with van der Waals surface area (Å²) in [6, 6.07) is 0. The van der Waals surface area contributed by atoms with Crippen molar-refractivity contribution in [3.63, 3.8) is 0 Å². The Bertz CT molecular complexity index is 566. The van der Waals surface area contributed by atoms with Gasteiger partial charge < -0.3 is 18.9 Å². The van der Waals surface area contributed by atoms with E-state index in [0.29, 0.717) is 78.2 Å². The van der Waals surface area contributed by atoms with Crippen molar-refractivity contribution in [2.45, 2.75) is 166 Å². The Morgan fingerprint density at radius 3 is 1.16 bits per heavy atom. The van der Waals surface area contributed by atoms with Gasteiger partial charge in [0.1, 0.15) is 0 Å². The van der Waals surface area contributed by atoms with Crippen LogP contribution in [0.2, 0.25) is 0 Å². The lowest BCUT2D eigenvalue weighted by Crippen LogP contribution is -2.48. The summed E-state index contributed by atoms with van der Waals surface area (Å²) in [5.74, 6) is 5.47. The van der Waals surface area contributed by atoms with E-state index in [1.165, 1.54) is 12.8 Å². The number of hydrogen-bond acceptors (Lipinski definition) is 4. The summed E-state index contributed by atoms with van der Waals surface area (Å²) in [4.78, 5) is 0. The van der Waals surface area contributed by atoms with Crippen LogP contribution >= 0.6 is 0 Å². The molecule has 0 aromatic carbocycles. The molecule has 3 saturated heterocycles. The maximum absolute atomic E-state index is 6.07. The average Bonchev–Trinajstić information content (AvgIpc) is 2.88. The molecule has 3 fully saturated rings. The van der Waals surface area contributed by atoms with E-state index in [0.717, 1.165) is 24.9 Å². The molecule has 0 saturated carbocycles. The molecule has 0 amide bonds. The third-order valence-corrected chi connectivity index (χ3v) is 11.1. The van der Waals surface area contributed by atoms with Gasteiger partial charge >= 0.3 is 0 Å². The predicted octanol–water partition coefficient (Wildman–Crippen LogP) is 9.05. The summed E-state index contributed by atoms with van der Waals surface area (Å²) in [7, 11) is 0. The molecule has 4 heteroatoms. The highest BCUT2D eigenvalue weighted by atomic mass is 16.5. The van der Waals surface area contributed by atoms with Crippen LogP contribution in [-0.2, 0) is 18.9 Å². The molecule has 5 unspecified atom stereocenters. The van der Waals surface area contributed by atoms with Gasteiger partial charge in [0.25, 0.3) is 0 Å². The first-order chi connectivity index (χ1) is 17.7. The third-order valence-electron chi connectivity index (χ3n) is 11.1. The number of ether oxygens (including phenoxy) is 4. The molecule has 228 valence electrons. The van der Waals surface area contributed by atoms with Crippen LogP contribution in [0.1, 0.15) is 123 Å². The molecule has 38 heavy (non-hydrogen) atoms. The van der Waals surface area contributed by atoms with Gasteiger partial charge in [0, 0.05) is 18.4 Å². The molecule has 4 nitrogen and oxygen atoms in total. The van der Waals surface area contributed by atoms with Crippen molar-refractivity contribution >= 4 is 0 Å². The second-order valence-corrected chi connectivity index (χ2v) is 13.4. The van der Waals surface area contributed by atoms with Gasteiger partial charge in [-0.1, -0.05) is 75.7 Å². The van der Waals surface area contributed by atoms with Gasteiger partial charge in [-0.2, -0.15) is 0 Å². The van der Waals surface area contributed by atoms with Crippen LogP contribution in [-0.4, -0.2) is 49.3 Å². The van der Waals surface area contributed by atoms with Crippen molar-refractivity contribution in [3.8, 4) is 0 Å². The molecule has 3 aliphatic heterocycles. The van der Waals surface area contributed by atoms with Crippen LogP contribution in [0.3, 0.4) is 0 Å². The lowest BCUT2D eigenvalue weighted by Gasteiger charge is -2.43. The second-order valence-electron chi connectivity index (χ2n) is 13.4. The first-order valence-corrected chi connectivity index (χ1v) is 16.3. The average molecular weight is 541 g/mol. The van der Waals surface area contributed by atoms with E-state index in [2.05, 4.69) is 104 Å². The van der Waals surface area contributed by atoms with Gasteiger partial charge in [-0.15, -0.1) is 0 Å². The zero-order chi connectivity index (χ0) is 29.3. The molecular formula is C34H68O4. The Labute approximate surface area is 238 Å². The van der Waals surface area contributed by atoms with Gasteiger partial charge in [-0.25, -0.2) is 0 Å². The zero-order valence-corrected chi connectivity index (χ0v) is 28.1. The van der Waals surface area contributed by atoms with Crippen molar-refractivity contribution < 1.29 is 18.9 Å². The number of hydrogen-bond donors (Lipinski definition) is 0. The van der Waals surface area contributed by atoms with E-state index in [4.69, 9.17) is 18.9 Å². The van der Waals surface area contributed by atoms with Crippen LogP contribution < -0.4 is 0 Å². The Hall–Kier alpha value is -0.160. The highest BCUT2D eigenvalue weighted by molar-refractivity contribution is 4.87. The molecule has 15 atom stereocenters. The van der Waals surface area contributed by atoms with E-state index in [1.807, 2.05) is 0 Å². The Morgan fingerprint density at radius 2 is 0.816 bits per heavy atom. The van der Waals surface area contributed by atoms with Crippen LogP contribution in [0.25, 0.3) is 0 Å². The molecule has 0 N–H and O–H groups in total. The maximum Gasteiger partial charge on any atom is 0.0675 e. The van der Waals surface area contributed by atoms with Crippen molar-refractivity contribution in [1.29, 1.82) is 0 Å². The maximum atomic E-state index is 6.07. The largest absolute Gasteiger partial charge is 0.377 e. The molecule has 3 heterocycles. The summed E-state index contributed by atoms with van der Waals surface area (Å²) in [5.41, 5.74) is 0. The minimum absolute atomic E-state index is 0.327. The highest BCUT2D eigenvalue weighted by Crippen LogP contribution is 2.36. The molecule has 0 aromatic rings. The fraction of sp³-hybridized carbons (Fsp3) is 1.00. The van der Waals surface area contributed by atoms with Gasteiger partial charge in [0.15, 0.2) is 0 Å². The number of unbranched alkanes of at least 4 members (excludes halogenated alkanes) is 1. The minimum Gasteiger partial charge on any atom is -0.377 e. The topological polar surface area (TPSA) is 36.9 Å². The summed E-state index contributed by atoms with van der Waals surface area (Å²) in [5, 5.41) is 0. The Balaban J connectivity index is 0.000000293. The predicted molar refractivity (Wildman–Crippen MR) is 163 cm³/mol. The van der Waals surface area contributed by atoms with Gasteiger partial charge in [0.05, 0.1) is 42.7 Å². The normalized spacial score (nSPS) is 47.3. The second kappa shape index (κ2) is 16.9. The lowest BCUT2D eigenvalue weighted by molar-refractivity contribution is -0.175. The lowest BCUT2D eigenvalue weighted by atomic mass is 9.77. The SMILES string of the molecule is CC1O[C@H](C)[C@@H](C)C(C)[C@H]1C.CC1O[C@H](C)[C@@H](C)C(C)[C@H]1C.CCCCO[C@@H]1[C@@H](C)[C@H](C)OC(CC)[C@H]1C. The fourth-order valence-corrected chi connectivity index (χ4v) is 6.46. The van der Waals surface area contributed by atoms with E-state index in [9.17, 15) is 0 Å². The van der Waals surface area contributed by atoms with Crippen molar-refractivity contribution in [2.24, 2.45) is 47.3 Å². The fourth-order valence-electron chi connectivity index (χ4n) is 6.46. The van der Waals surface area contributed by atoms with E-state index >= 15 is 0 Å². The first kappa shape index (κ1) is 35.9. The highest BCUT2D eigenvalue weighted by Gasteiger charge is 2.39. The number of rotatable bonds is 5. The van der Waals surface area contributed by atoms with E-state index in [-0.39, 0.29) is 0 Å². The van der Waals surface area contributed by atoms with Crippen LogP contribution in [0, 0.1) is 47.3 Å². The molecule has 0 spiro atoms. The molecule has 0 aliphatic carbocycles. The monoisotopic (exact) mass is 541 g/mol. The molecule has 0 bridgehead atoms. The van der Waals surface area contributed by atoms with Gasteiger partial charge in [-0.3, -0.25) is 0 Å². The summed E-state index contributed by atoms with van der Waals surface area (Å²) < 4.78 is 23.6. The third kappa shape index (κ3) is 9.74. The molecule has 0 radical (unpaired) electrons. The summed E-state index contributed by atoms with van der Waals surface area (Å²) >= 11 is 0. The summed E-state index contributed by atoms with van der Waals surface area (Å²) in [6.07, 6.45) is 6.30. The van der Waals surface area contributed by atoms with Crippen molar-refractivity contribution in [3.05, 3.63) is 0 Å². The van der Waals surface area contributed by atoms with Crippen LogP contribution in [0.15, 0.2) is 0 Å². The van der Waals surface area contributed by atoms with Gasteiger partial charge in [0.2, 0.25) is 0 Å². The van der Waals surface area contributed by atoms with E-state index in [1.54, 1.807) is 0 Å². The first-order valence-electron chi connectivity index (χ1n) is 16.3. The Kier molecular flexibility index (Phi) is 16.0. The zero-order valence-electron chi connectivity index (χ0n) is 28.1. The van der Waals surface area contributed by atoms with Crippen LogP contribution in [0.5, 0.6) is 0 Å². The minimum atomic E-state index is 0.327. The van der Waals surface area contributed by atoms with Crippen molar-refractivity contribution in [1.82, 2.24) is 0 Å². The Morgan fingerprint density at radius 1 is 0.447 bits per heavy atom. The summed E-state index contributed by atoms with van der Waals surface area (Å²) in [6.45, 7) is 34.6. The molecule has 0 aromatic heterocycles. The van der Waals surface area contributed by atoms with Crippen LogP contribution in [0.4, 0.5) is 0 Å². The molecule has 3 aliphatic rings. The van der Waals surface area contributed by atoms with Gasteiger partial charge in [-0.05, 0) is 83.0 Å². The van der Waals surface area contributed by atoms with E-state index < -0.39 is 0 Å². The van der Waals surface area contributed by atoms with Crippen molar-refractivity contribution in [2.75, 3.05) is 6.61 Å². The standard InChI is InChI=1S/C14H28O2.2C10H20O/c1-6-8-9-15-14-10(3)12(5)16-13(7-2)11(14)4;2*1-6-7(2)9(4)11-10(5)8(6)3/h10-14H,6-9H2,1-5H3;2*6-10H,1-5H3/t10-,11+,12-,13?,14+;2*6?,7-,8+,9+,10?/m000/s1. The molecular weight excluding hydrogens is 472 g/mol. The quantitative estimate of drug-likeness (QED) is 0.326. The molecule has 3 rings (SSSR count).